The Labute approximate surface area is 161 Å². The standard InChI is InChI=1S/C20H18N4O4/c1-24-18-10-17(23-16(5-4-8-25)15(18)12-22-24)20(26)21-11-13-6-7-14(27-2)9-19(13)28-3/h6-10,12H,11H2,1-3H3,(H,21,26). The third-order valence-corrected chi connectivity index (χ3v) is 4.16. The number of fused-ring (bicyclic) bond motifs is 1. The van der Waals surface area contributed by atoms with Crippen LogP contribution >= 0.6 is 0 Å². The number of rotatable bonds is 5. The number of nitrogens with zero attached hydrogens (tertiary/aromatic N) is 3. The first-order valence-electron chi connectivity index (χ1n) is 8.34. The molecule has 0 bridgehead atoms. The summed E-state index contributed by atoms with van der Waals surface area (Å²) in [4.78, 5) is 27.5. The Morgan fingerprint density at radius 3 is 2.82 bits per heavy atom. The Bertz CT molecular complexity index is 1110. The number of hydrogen-bond donors (Lipinski definition) is 1. The van der Waals surface area contributed by atoms with Crippen LogP contribution in [0, 0.1) is 11.8 Å². The molecule has 28 heavy (non-hydrogen) atoms. The van der Waals surface area contributed by atoms with E-state index >= 15 is 0 Å². The normalized spacial score (nSPS) is 10.1. The molecule has 1 amide bonds. The van der Waals surface area contributed by atoms with Gasteiger partial charge < -0.3 is 14.8 Å². The molecule has 0 saturated carbocycles. The van der Waals surface area contributed by atoms with Crippen molar-refractivity contribution >= 4 is 23.1 Å². The summed E-state index contributed by atoms with van der Waals surface area (Å²) in [7, 11) is 4.88. The van der Waals surface area contributed by atoms with Crippen LogP contribution in [0.5, 0.6) is 11.5 Å². The maximum absolute atomic E-state index is 12.7. The summed E-state index contributed by atoms with van der Waals surface area (Å²) in [6.45, 7) is 0.243. The highest BCUT2D eigenvalue weighted by Crippen LogP contribution is 2.24. The third-order valence-electron chi connectivity index (χ3n) is 4.16. The van der Waals surface area contributed by atoms with Crippen LogP contribution in [0.4, 0.5) is 0 Å². The first kappa shape index (κ1) is 18.9. The van der Waals surface area contributed by atoms with Crippen molar-refractivity contribution in [1.82, 2.24) is 20.1 Å². The van der Waals surface area contributed by atoms with E-state index in [1.807, 2.05) is 6.07 Å². The number of hydrogen-bond acceptors (Lipinski definition) is 6. The quantitative estimate of drug-likeness (QED) is 0.534. The summed E-state index contributed by atoms with van der Waals surface area (Å²) in [6, 6.07) is 6.98. The van der Waals surface area contributed by atoms with Gasteiger partial charge in [0, 0.05) is 25.2 Å². The zero-order valence-corrected chi connectivity index (χ0v) is 15.6. The summed E-state index contributed by atoms with van der Waals surface area (Å²) < 4.78 is 12.1. The Hall–Kier alpha value is -3.86. The fraction of sp³-hybridized carbons (Fsp3) is 0.200. The van der Waals surface area contributed by atoms with Gasteiger partial charge in [0.25, 0.3) is 5.91 Å². The van der Waals surface area contributed by atoms with Gasteiger partial charge in [-0.1, -0.05) is 0 Å². The molecular weight excluding hydrogens is 360 g/mol. The van der Waals surface area contributed by atoms with E-state index < -0.39 is 0 Å². The van der Waals surface area contributed by atoms with Crippen molar-refractivity contribution in [2.75, 3.05) is 14.2 Å². The molecule has 8 heteroatoms. The third kappa shape index (κ3) is 3.78. The first-order valence-corrected chi connectivity index (χ1v) is 8.34. The monoisotopic (exact) mass is 378 g/mol. The van der Waals surface area contributed by atoms with Crippen molar-refractivity contribution in [3.63, 3.8) is 0 Å². The van der Waals surface area contributed by atoms with Crippen LogP contribution in [-0.2, 0) is 18.4 Å². The molecule has 3 rings (SSSR count). The van der Waals surface area contributed by atoms with E-state index in [0.29, 0.717) is 34.4 Å². The van der Waals surface area contributed by atoms with Gasteiger partial charge in [0.05, 0.1) is 31.3 Å². The summed E-state index contributed by atoms with van der Waals surface area (Å²) in [5.41, 5.74) is 1.99. The number of carbonyl (C=O) groups is 2. The van der Waals surface area contributed by atoms with Crippen LogP contribution in [0.25, 0.3) is 10.9 Å². The lowest BCUT2D eigenvalue weighted by molar-refractivity contribution is -0.103. The van der Waals surface area contributed by atoms with Crippen molar-refractivity contribution < 1.29 is 19.1 Å². The van der Waals surface area contributed by atoms with E-state index in [9.17, 15) is 9.59 Å². The van der Waals surface area contributed by atoms with Crippen LogP contribution in [0.2, 0.25) is 0 Å². The average molecular weight is 378 g/mol. The van der Waals surface area contributed by atoms with Gasteiger partial charge in [-0.25, -0.2) is 4.98 Å². The summed E-state index contributed by atoms with van der Waals surface area (Å²) in [6.07, 6.45) is 2.08. The number of carbonyl (C=O) groups excluding carboxylic acids is 2. The van der Waals surface area contributed by atoms with Crippen LogP contribution < -0.4 is 14.8 Å². The van der Waals surface area contributed by atoms with Gasteiger partial charge in [-0.3, -0.25) is 14.3 Å². The maximum Gasteiger partial charge on any atom is 0.270 e. The number of nitrogens with one attached hydrogen (secondary N) is 1. The molecule has 1 aromatic carbocycles. The molecule has 0 spiro atoms. The second-order valence-electron chi connectivity index (χ2n) is 5.80. The molecule has 0 saturated heterocycles. The molecule has 2 aromatic heterocycles. The minimum absolute atomic E-state index is 0.179. The Morgan fingerprint density at radius 1 is 1.29 bits per heavy atom. The predicted molar refractivity (Wildman–Crippen MR) is 102 cm³/mol. The number of aryl methyl sites for hydroxylation is 1. The van der Waals surface area contributed by atoms with Crippen LogP contribution in [0.15, 0.2) is 30.5 Å². The molecule has 142 valence electrons. The minimum Gasteiger partial charge on any atom is -0.497 e. The molecule has 1 N–H and O–H groups in total. The highest BCUT2D eigenvalue weighted by molar-refractivity contribution is 5.97. The van der Waals surface area contributed by atoms with E-state index in [2.05, 4.69) is 27.2 Å². The predicted octanol–water partition coefficient (Wildman–Crippen LogP) is 1.47. The molecule has 0 aliphatic rings. The number of pyridine rings is 1. The smallest absolute Gasteiger partial charge is 0.270 e. The number of aldehydes is 1. The molecule has 3 aromatic rings. The Morgan fingerprint density at radius 2 is 2.11 bits per heavy atom. The van der Waals surface area contributed by atoms with E-state index in [4.69, 9.17) is 9.47 Å². The zero-order valence-electron chi connectivity index (χ0n) is 15.6. The fourth-order valence-corrected chi connectivity index (χ4v) is 2.72. The van der Waals surface area contributed by atoms with Crippen molar-refractivity contribution in [1.29, 1.82) is 0 Å². The average Bonchev–Trinajstić information content (AvgIpc) is 3.10. The molecule has 0 aliphatic carbocycles. The van der Waals surface area contributed by atoms with Crippen molar-refractivity contribution in [2.45, 2.75) is 6.54 Å². The number of ether oxygens (including phenoxy) is 2. The molecule has 0 unspecified atom stereocenters. The summed E-state index contributed by atoms with van der Waals surface area (Å²) in [5.74, 6) is 5.87. The lowest BCUT2D eigenvalue weighted by atomic mass is 10.1. The van der Waals surface area contributed by atoms with Gasteiger partial charge in [0.1, 0.15) is 22.9 Å². The van der Waals surface area contributed by atoms with Gasteiger partial charge in [0.15, 0.2) is 6.29 Å². The van der Waals surface area contributed by atoms with E-state index in [1.54, 1.807) is 50.3 Å². The van der Waals surface area contributed by atoms with Crippen LogP contribution in [0.3, 0.4) is 0 Å². The molecule has 0 radical (unpaired) electrons. The second kappa shape index (κ2) is 8.22. The van der Waals surface area contributed by atoms with E-state index in [0.717, 1.165) is 5.56 Å². The summed E-state index contributed by atoms with van der Waals surface area (Å²) >= 11 is 0. The fourth-order valence-electron chi connectivity index (χ4n) is 2.72. The van der Waals surface area contributed by atoms with Crippen LogP contribution in [-0.4, -0.2) is 41.2 Å². The Balaban J connectivity index is 1.88. The Kier molecular flexibility index (Phi) is 5.56. The molecule has 2 heterocycles. The minimum atomic E-state index is -0.380. The van der Waals surface area contributed by atoms with Crippen molar-refractivity contribution in [3.8, 4) is 23.3 Å². The van der Waals surface area contributed by atoms with E-state index in [-0.39, 0.29) is 18.1 Å². The highest BCUT2D eigenvalue weighted by Gasteiger charge is 2.15. The lowest BCUT2D eigenvalue weighted by Crippen LogP contribution is -2.24. The first-order chi connectivity index (χ1) is 13.6. The molecule has 8 nitrogen and oxygen atoms in total. The molecular formula is C20H18N4O4. The van der Waals surface area contributed by atoms with Crippen molar-refractivity contribution in [2.24, 2.45) is 7.05 Å². The zero-order chi connectivity index (χ0) is 20.1. The lowest BCUT2D eigenvalue weighted by Gasteiger charge is -2.11. The van der Waals surface area contributed by atoms with Crippen molar-refractivity contribution in [3.05, 3.63) is 47.4 Å². The van der Waals surface area contributed by atoms with Gasteiger partial charge in [-0.2, -0.15) is 5.10 Å². The molecule has 0 aliphatic heterocycles. The topological polar surface area (TPSA) is 95.3 Å². The van der Waals surface area contributed by atoms with E-state index in [1.165, 1.54) is 0 Å². The van der Waals surface area contributed by atoms with Crippen LogP contribution in [0.1, 0.15) is 21.7 Å². The highest BCUT2D eigenvalue weighted by atomic mass is 16.5. The second-order valence-corrected chi connectivity index (χ2v) is 5.80. The number of benzene rings is 1. The van der Waals surface area contributed by atoms with Gasteiger partial charge in [0.2, 0.25) is 0 Å². The van der Waals surface area contributed by atoms with Gasteiger partial charge in [-0.05, 0) is 30.0 Å². The van der Waals surface area contributed by atoms with Gasteiger partial charge >= 0.3 is 0 Å². The number of aromatic nitrogens is 3. The SMILES string of the molecule is COc1ccc(CNC(=O)c2cc3c(cnn3C)c(C#CC=O)n2)c(OC)c1. The maximum atomic E-state index is 12.7. The summed E-state index contributed by atoms with van der Waals surface area (Å²) in [5, 5.41) is 7.65. The largest absolute Gasteiger partial charge is 0.497 e. The molecule has 0 fully saturated rings. The number of methoxy groups -OCH3 is 2. The van der Waals surface area contributed by atoms with Gasteiger partial charge in [-0.15, -0.1) is 0 Å². The number of amides is 1. The molecule has 0 atom stereocenters.